The lowest BCUT2D eigenvalue weighted by molar-refractivity contribution is 0.188. The SMILES string of the molecule is N#Cc1ccccc1S(=O)(=O)N1CC(O)CC1c1cccc(F)c1. The zero-order valence-corrected chi connectivity index (χ0v) is 13.4. The van der Waals surface area contributed by atoms with Crippen LogP contribution in [0.5, 0.6) is 0 Å². The number of hydrogen-bond acceptors (Lipinski definition) is 4. The first kappa shape index (κ1) is 16.6. The molecule has 1 aliphatic heterocycles. The van der Waals surface area contributed by atoms with Gasteiger partial charge in [-0.15, -0.1) is 0 Å². The van der Waals surface area contributed by atoms with E-state index in [1.54, 1.807) is 12.1 Å². The molecular formula is C17H15FN2O3S. The summed E-state index contributed by atoms with van der Waals surface area (Å²) in [7, 11) is -4.00. The van der Waals surface area contributed by atoms with E-state index in [4.69, 9.17) is 5.26 Å². The van der Waals surface area contributed by atoms with E-state index in [-0.39, 0.29) is 23.4 Å². The Morgan fingerprint density at radius 2 is 1.96 bits per heavy atom. The van der Waals surface area contributed by atoms with Crippen molar-refractivity contribution in [2.75, 3.05) is 6.54 Å². The maximum absolute atomic E-state index is 13.5. The van der Waals surface area contributed by atoms with Crippen LogP contribution in [0.4, 0.5) is 4.39 Å². The molecule has 24 heavy (non-hydrogen) atoms. The van der Waals surface area contributed by atoms with Gasteiger partial charge in [0.2, 0.25) is 10.0 Å². The number of hydrogen-bond donors (Lipinski definition) is 1. The fraction of sp³-hybridized carbons (Fsp3) is 0.235. The van der Waals surface area contributed by atoms with Crippen molar-refractivity contribution >= 4 is 10.0 Å². The Balaban J connectivity index is 2.07. The molecule has 1 heterocycles. The van der Waals surface area contributed by atoms with Gasteiger partial charge in [0, 0.05) is 6.54 Å². The first-order valence-corrected chi connectivity index (χ1v) is 8.82. The third-order valence-corrected chi connectivity index (χ3v) is 5.99. The molecule has 7 heteroatoms. The third-order valence-electron chi connectivity index (χ3n) is 4.06. The number of aliphatic hydroxyl groups is 1. The Hall–Kier alpha value is -2.27. The molecule has 0 aliphatic carbocycles. The summed E-state index contributed by atoms with van der Waals surface area (Å²) in [6.07, 6.45) is -0.667. The summed E-state index contributed by atoms with van der Waals surface area (Å²) in [6.45, 7) is -0.0940. The first-order chi connectivity index (χ1) is 11.4. The van der Waals surface area contributed by atoms with E-state index in [9.17, 15) is 17.9 Å². The Labute approximate surface area is 139 Å². The van der Waals surface area contributed by atoms with E-state index in [0.717, 1.165) is 4.31 Å². The molecule has 0 amide bonds. The van der Waals surface area contributed by atoms with Gasteiger partial charge in [0.25, 0.3) is 0 Å². The molecule has 2 aromatic rings. The molecule has 0 radical (unpaired) electrons. The molecule has 124 valence electrons. The minimum absolute atomic E-state index is 0.0388. The minimum Gasteiger partial charge on any atom is -0.392 e. The van der Waals surface area contributed by atoms with Crippen molar-refractivity contribution < 1.29 is 17.9 Å². The molecule has 0 saturated carbocycles. The topological polar surface area (TPSA) is 81.4 Å². The summed E-state index contributed by atoms with van der Waals surface area (Å²) in [5.41, 5.74) is 0.515. The van der Waals surface area contributed by atoms with E-state index in [2.05, 4.69) is 0 Å². The van der Waals surface area contributed by atoms with E-state index >= 15 is 0 Å². The van der Waals surface area contributed by atoms with Crippen LogP contribution in [-0.4, -0.2) is 30.5 Å². The number of aliphatic hydroxyl groups excluding tert-OH is 1. The average Bonchev–Trinajstić information content (AvgIpc) is 2.97. The highest BCUT2D eigenvalue weighted by molar-refractivity contribution is 7.89. The van der Waals surface area contributed by atoms with Crippen molar-refractivity contribution in [3.63, 3.8) is 0 Å². The van der Waals surface area contributed by atoms with Crippen LogP contribution in [0.1, 0.15) is 23.6 Å². The van der Waals surface area contributed by atoms with E-state index in [1.807, 2.05) is 6.07 Å². The van der Waals surface area contributed by atoms with Gasteiger partial charge in [0.05, 0.1) is 22.6 Å². The molecular weight excluding hydrogens is 331 g/mol. The number of benzene rings is 2. The van der Waals surface area contributed by atoms with Crippen molar-refractivity contribution in [2.45, 2.75) is 23.5 Å². The highest BCUT2D eigenvalue weighted by atomic mass is 32.2. The molecule has 0 aromatic heterocycles. The van der Waals surface area contributed by atoms with Crippen molar-refractivity contribution in [1.29, 1.82) is 5.26 Å². The predicted octanol–water partition coefficient (Wildman–Crippen LogP) is 2.19. The molecule has 0 bridgehead atoms. The van der Waals surface area contributed by atoms with Gasteiger partial charge in [-0.25, -0.2) is 12.8 Å². The molecule has 2 atom stereocenters. The molecule has 2 unspecified atom stereocenters. The van der Waals surface area contributed by atoms with Gasteiger partial charge in [-0.05, 0) is 36.2 Å². The molecule has 1 N–H and O–H groups in total. The van der Waals surface area contributed by atoms with Crippen LogP contribution in [0.3, 0.4) is 0 Å². The summed E-state index contributed by atoms with van der Waals surface area (Å²) in [5, 5.41) is 19.1. The Kier molecular flexibility index (Phi) is 4.37. The molecule has 1 aliphatic rings. The normalized spacial score (nSPS) is 21.5. The van der Waals surface area contributed by atoms with Gasteiger partial charge in [0.1, 0.15) is 11.9 Å². The summed E-state index contributed by atoms with van der Waals surface area (Å²) in [6, 6.07) is 12.8. The third kappa shape index (κ3) is 2.91. The van der Waals surface area contributed by atoms with Gasteiger partial charge in [0.15, 0.2) is 0 Å². The van der Waals surface area contributed by atoms with Crippen molar-refractivity contribution in [3.8, 4) is 6.07 Å². The summed E-state index contributed by atoms with van der Waals surface area (Å²) >= 11 is 0. The Bertz CT molecular complexity index is 908. The van der Waals surface area contributed by atoms with Crippen molar-refractivity contribution in [1.82, 2.24) is 4.31 Å². The van der Waals surface area contributed by atoms with E-state index in [0.29, 0.717) is 5.56 Å². The second-order valence-corrected chi connectivity index (χ2v) is 7.50. The van der Waals surface area contributed by atoms with Crippen LogP contribution >= 0.6 is 0 Å². The minimum atomic E-state index is -4.00. The number of halogens is 1. The number of nitrogens with zero attached hydrogens (tertiary/aromatic N) is 2. The quantitative estimate of drug-likeness (QED) is 0.924. The smallest absolute Gasteiger partial charge is 0.245 e. The average molecular weight is 346 g/mol. The number of sulfonamides is 1. The largest absolute Gasteiger partial charge is 0.392 e. The van der Waals surface area contributed by atoms with E-state index in [1.165, 1.54) is 36.4 Å². The summed E-state index contributed by atoms with van der Waals surface area (Å²) in [5.74, 6) is -0.469. The lowest BCUT2D eigenvalue weighted by atomic mass is 10.0. The van der Waals surface area contributed by atoms with Crippen LogP contribution in [0.15, 0.2) is 53.4 Å². The van der Waals surface area contributed by atoms with Gasteiger partial charge >= 0.3 is 0 Å². The predicted molar refractivity (Wildman–Crippen MR) is 84.8 cm³/mol. The van der Waals surface area contributed by atoms with Gasteiger partial charge in [-0.2, -0.15) is 9.57 Å². The maximum atomic E-state index is 13.5. The van der Waals surface area contributed by atoms with Crippen LogP contribution < -0.4 is 0 Å². The fourth-order valence-electron chi connectivity index (χ4n) is 2.98. The van der Waals surface area contributed by atoms with Gasteiger partial charge < -0.3 is 5.11 Å². The second-order valence-electron chi connectivity index (χ2n) is 5.64. The summed E-state index contributed by atoms with van der Waals surface area (Å²) in [4.78, 5) is -0.108. The molecule has 3 rings (SSSR count). The van der Waals surface area contributed by atoms with E-state index < -0.39 is 28.0 Å². The lowest BCUT2D eigenvalue weighted by Crippen LogP contribution is -2.32. The van der Waals surface area contributed by atoms with Crippen LogP contribution in [0.2, 0.25) is 0 Å². The van der Waals surface area contributed by atoms with Crippen LogP contribution in [-0.2, 0) is 10.0 Å². The zero-order valence-electron chi connectivity index (χ0n) is 12.6. The molecule has 1 saturated heterocycles. The van der Waals surface area contributed by atoms with Crippen molar-refractivity contribution in [3.05, 3.63) is 65.5 Å². The Morgan fingerprint density at radius 3 is 2.67 bits per heavy atom. The number of β-amino-alcohol motifs (C(OH)–C–C–N with tert-alkyl or cyclic N) is 1. The summed E-state index contributed by atoms with van der Waals surface area (Å²) < 4.78 is 40.6. The number of rotatable bonds is 3. The molecule has 5 nitrogen and oxygen atoms in total. The lowest BCUT2D eigenvalue weighted by Gasteiger charge is -2.24. The standard InChI is InChI=1S/C17H15FN2O3S/c18-14-6-3-5-12(8-14)16-9-15(21)11-20(16)24(22,23)17-7-2-1-4-13(17)10-19/h1-8,15-16,21H,9,11H2. The zero-order chi connectivity index (χ0) is 17.3. The first-order valence-electron chi connectivity index (χ1n) is 7.38. The molecule has 2 aromatic carbocycles. The monoisotopic (exact) mass is 346 g/mol. The highest BCUT2D eigenvalue weighted by Gasteiger charge is 2.41. The number of nitriles is 1. The maximum Gasteiger partial charge on any atom is 0.245 e. The fourth-order valence-corrected chi connectivity index (χ4v) is 4.78. The van der Waals surface area contributed by atoms with Crippen molar-refractivity contribution in [2.24, 2.45) is 0 Å². The molecule has 0 spiro atoms. The highest BCUT2D eigenvalue weighted by Crippen LogP contribution is 2.37. The Morgan fingerprint density at radius 1 is 1.21 bits per heavy atom. The van der Waals surface area contributed by atoms with Gasteiger partial charge in [-0.1, -0.05) is 24.3 Å². The van der Waals surface area contributed by atoms with Gasteiger partial charge in [-0.3, -0.25) is 0 Å². The second kappa shape index (κ2) is 6.32. The molecule has 1 fully saturated rings. The van der Waals surface area contributed by atoms with Crippen LogP contribution in [0, 0.1) is 17.1 Å². The van der Waals surface area contributed by atoms with Crippen LogP contribution in [0.25, 0.3) is 0 Å².